The van der Waals surface area contributed by atoms with Crippen molar-refractivity contribution >= 4 is 24.2 Å². The van der Waals surface area contributed by atoms with E-state index >= 15 is 0 Å². The molecule has 1 aliphatic rings. The topological polar surface area (TPSA) is 132 Å². The summed E-state index contributed by atoms with van der Waals surface area (Å²) < 4.78 is 16.4. The third-order valence-corrected chi connectivity index (χ3v) is 8.75. The molecule has 2 rings (SSSR count). The van der Waals surface area contributed by atoms with E-state index in [0.29, 0.717) is 37.5 Å². The summed E-state index contributed by atoms with van der Waals surface area (Å²) in [5.74, 6) is 0.856. The van der Waals surface area contributed by atoms with Gasteiger partial charge in [-0.25, -0.2) is 0 Å². The van der Waals surface area contributed by atoms with Crippen LogP contribution in [0.1, 0.15) is 83.0 Å². The molecule has 0 spiro atoms. The minimum atomic E-state index is -0.886. The van der Waals surface area contributed by atoms with E-state index in [0.717, 1.165) is 38.5 Å². The number of aliphatic hydroxyl groups is 1. The summed E-state index contributed by atoms with van der Waals surface area (Å²) in [7, 11) is 3.42. The molecule has 0 radical (unpaired) electrons. The van der Waals surface area contributed by atoms with Crippen molar-refractivity contribution in [2.75, 3.05) is 40.5 Å². The molecule has 2 amide bonds. The number of aliphatic hydroxyl groups excluding tert-OH is 1. The van der Waals surface area contributed by atoms with E-state index in [-0.39, 0.29) is 54.6 Å². The fourth-order valence-electron chi connectivity index (χ4n) is 5.51. The second-order valence-corrected chi connectivity index (χ2v) is 12.4. The summed E-state index contributed by atoms with van der Waals surface area (Å²) in [5.41, 5.74) is 6.36. The lowest BCUT2D eigenvalue weighted by molar-refractivity contribution is -0.134. The smallest absolute Gasteiger partial charge is 0.255 e. The normalized spacial score (nSPS) is 19.4. The van der Waals surface area contributed by atoms with E-state index in [1.807, 2.05) is 26.0 Å². The van der Waals surface area contributed by atoms with E-state index in [1.165, 1.54) is 0 Å². The molecule has 5 N–H and O–H groups in total. The van der Waals surface area contributed by atoms with Gasteiger partial charge in [-0.15, -0.1) is 12.4 Å². The van der Waals surface area contributed by atoms with Crippen molar-refractivity contribution in [3.63, 3.8) is 0 Å². The van der Waals surface area contributed by atoms with Crippen LogP contribution in [0, 0.1) is 23.2 Å². The maximum Gasteiger partial charge on any atom is 0.255 e. The second-order valence-electron chi connectivity index (χ2n) is 12.4. The van der Waals surface area contributed by atoms with Gasteiger partial charge in [0.25, 0.3) is 5.91 Å². The molecule has 0 aromatic heterocycles. The number of carbonyl (C=O) groups excluding carboxylic acids is 2. The first-order chi connectivity index (χ1) is 19.5. The maximum absolute atomic E-state index is 13.1. The molecule has 3 atom stereocenters. The molecule has 9 nitrogen and oxygen atoms in total. The number of nitrogens with one attached hydrogen (secondary N) is 2. The lowest BCUT2D eigenvalue weighted by Gasteiger charge is -2.38. The number of halogens is 1. The van der Waals surface area contributed by atoms with Crippen LogP contribution >= 0.6 is 12.4 Å². The summed E-state index contributed by atoms with van der Waals surface area (Å²) >= 11 is 0. The number of unbranched alkanes of at least 4 members (excludes halogenated alkanes) is 1. The van der Waals surface area contributed by atoms with Crippen molar-refractivity contribution in [2.45, 2.75) is 90.9 Å². The first-order valence-electron chi connectivity index (χ1n) is 15.2. The molecule has 0 unspecified atom stereocenters. The van der Waals surface area contributed by atoms with Gasteiger partial charge in [-0.3, -0.25) is 9.59 Å². The number of hydrogen-bond donors (Lipinski definition) is 4. The van der Waals surface area contributed by atoms with Crippen molar-refractivity contribution in [3.8, 4) is 5.75 Å². The Morgan fingerprint density at radius 3 is 2.29 bits per heavy atom. The fraction of sp³-hybridized carbons (Fsp3) is 0.750. The average molecular weight is 614 g/mol. The van der Waals surface area contributed by atoms with Crippen molar-refractivity contribution in [1.29, 1.82) is 0 Å². The van der Waals surface area contributed by atoms with E-state index in [1.54, 1.807) is 26.4 Å². The van der Waals surface area contributed by atoms with Gasteiger partial charge in [0.2, 0.25) is 5.91 Å². The highest BCUT2D eigenvalue weighted by Gasteiger charge is 2.39. The van der Waals surface area contributed by atoms with Crippen LogP contribution in [-0.2, 0) is 14.3 Å². The lowest BCUT2D eigenvalue weighted by Crippen LogP contribution is -2.49. The molecule has 1 aromatic rings. The van der Waals surface area contributed by atoms with Gasteiger partial charge in [0.1, 0.15) is 5.75 Å². The molecule has 42 heavy (non-hydrogen) atoms. The Labute approximate surface area is 259 Å². The predicted molar refractivity (Wildman–Crippen MR) is 169 cm³/mol. The summed E-state index contributed by atoms with van der Waals surface area (Å²) in [6.07, 6.45) is 5.47. The molecule has 242 valence electrons. The van der Waals surface area contributed by atoms with Crippen LogP contribution < -0.4 is 21.1 Å². The number of rotatable bonds is 18. The van der Waals surface area contributed by atoms with Crippen LogP contribution in [0.5, 0.6) is 5.75 Å². The van der Waals surface area contributed by atoms with Crippen LogP contribution in [0.25, 0.3) is 0 Å². The van der Waals surface area contributed by atoms with E-state index in [9.17, 15) is 14.7 Å². The summed E-state index contributed by atoms with van der Waals surface area (Å²) in [6, 6.07) is 6.69. The Kier molecular flexibility index (Phi) is 17.6. The third-order valence-electron chi connectivity index (χ3n) is 8.75. The Morgan fingerprint density at radius 1 is 1.02 bits per heavy atom. The van der Waals surface area contributed by atoms with Crippen LogP contribution in [0.3, 0.4) is 0 Å². The summed E-state index contributed by atoms with van der Waals surface area (Å²) in [6.45, 7) is 9.83. The van der Waals surface area contributed by atoms with Crippen molar-refractivity contribution in [3.05, 3.63) is 29.8 Å². The molecule has 1 aromatic carbocycles. The zero-order valence-corrected chi connectivity index (χ0v) is 27.3. The molecule has 1 fully saturated rings. The standard InChI is InChI=1S/C32H55N3O6.ClH/c1-22(2)23(20-34-30(37)26-11-7-8-12-29(26)41-18-10-9-17-39-5)19-27(33)28(36)21-35-31(38)32(3,4)24-13-15-25(40-6)16-14-24;/h7-8,11-12,22-25,27-28,36H,9-10,13-21,33H2,1-6H3,(H,34,37)(H,35,38);1H/t23-,24-,25-,27+,28+;/m1./s1. The van der Waals surface area contributed by atoms with Crippen molar-refractivity contribution in [1.82, 2.24) is 10.6 Å². The number of ether oxygens (including phenoxy) is 3. The lowest BCUT2D eigenvalue weighted by atomic mass is 9.70. The number of hydrogen-bond acceptors (Lipinski definition) is 7. The molecular formula is C32H56ClN3O6. The molecule has 0 aliphatic heterocycles. The number of carbonyl (C=O) groups is 2. The van der Waals surface area contributed by atoms with E-state index < -0.39 is 17.6 Å². The number of methoxy groups -OCH3 is 2. The van der Waals surface area contributed by atoms with Gasteiger partial charge in [0.15, 0.2) is 0 Å². The minimum Gasteiger partial charge on any atom is -0.493 e. The SMILES string of the molecule is COCCCCOc1ccccc1C(=O)NC[C@@H](C[C@H](N)[C@@H](O)CNC(=O)C(C)(C)[C@H]1CC[C@H](OC)CC1)C(C)C.Cl. The van der Waals surface area contributed by atoms with Gasteiger partial charge in [0, 0.05) is 45.4 Å². The summed E-state index contributed by atoms with van der Waals surface area (Å²) in [5, 5.41) is 16.8. The zero-order chi connectivity index (χ0) is 30.4. The van der Waals surface area contributed by atoms with Gasteiger partial charge < -0.3 is 35.7 Å². The molecule has 1 aliphatic carbocycles. The quantitative estimate of drug-likeness (QED) is 0.181. The fourth-order valence-corrected chi connectivity index (χ4v) is 5.51. The average Bonchev–Trinajstić information content (AvgIpc) is 2.97. The Bertz CT molecular complexity index is 923. The number of nitrogens with two attached hydrogens (primary N) is 1. The molecule has 0 saturated heterocycles. The van der Waals surface area contributed by atoms with Crippen molar-refractivity contribution < 1.29 is 28.9 Å². The highest BCUT2D eigenvalue weighted by atomic mass is 35.5. The first kappa shape index (κ1) is 38.1. The van der Waals surface area contributed by atoms with Crippen LogP contribution in [0.2, 0.25) is 0 Å². The number of amides is 2. The molecule has 0 heterocycles. The maximum atomic E-state index is 13.1. The zero-order valence-electron chi connectivity index (χ0n) is 26.5. The first-order valence-corrected chi connectivity index (χ1v) is 15.2. The Hall–Kier alpha value is -1.91. The van der Waals surface area contributed by atoms with Crippen LogP contribution in [0.15, 0.2) is 24.3 Å². The second kappa shape index (κ2) is 19.4. The highest BCUT2D eigenvalue weighted by molar-refractivity contribution is 5.96. The molecule has 10 heteroatoms. The van der Waals surface area contributed by atoms with Gasteiger partial charge in [0.05, 0.1) is 24.4 Å². The van der Waals surface area contributed by atoms with Crippen LogP contribution in [-0.4, -0.2) is 75.7 Å². The highest BCUT2D eigenvalue weighted by Crippen LogP contribution is 2.39. The Balaban J connectivity index is 0.00000882. The largest absolute Gasteiger partial charge is 0.493 e. The molecule has 0 bridgehead atoms. The third kappa shape index (κ3) is 12.0. The predicted octanol–water partition coefficient (Wildman–Crippen LogP) is 4.34. The number of para-hydroxylation sites is 1. The van der Waals surface area contributed by atoms with Gasteiger partial charge in [-0.2, -0.15) is 0 Å². The number of benzene rings is 1. The van der Waals surface area contributed by atoms with E-state index in [2.05, 4.69) is 24.5 Å². The molecular weight excluding hydrogens is 558 g/mol. The minimum absolute atomic E-state index is 0. The summed E-state index contributed by atoms with van der Waals surface area (Å²) in [4.78, 5) is 26.1. The van der Waals surface area contributed by atoms with Gasteiger partial charge in [-0.1, -0.05) is 39.8 Å². The van der Waals surface area contributed by atoms with Crippen LogP contribution in [0.4, 0.5) is 0 Å². The van der Waals surface area contributed by atoms with Gasteiger partial charge in [-0.05, 0) is 74.8 Å². The van der Waals surface area contributed by atoms with Gasteiger partial charge >= 0.3 is 0 Å². The monoisotopic (exact) mass is 613 g/mol. The molecule has 1 saturated carbocycles. The van der Waals surface area contributed by atoms with E-state index in [4.69, 9.17) is 19.9 Å². The van der Waals surface area contributed by atoms with Crippen molar-refractivity contribution in [2.24, 2.45) is 28.9 Å². The Morgan fingerprint density at radius 2 is 1.67 bits per heavy atom.